The summed E-state index contributed by atoms with van der Waals surface area (Å²) in [6, 6.07) is 12.5. The first-order valence-corrected chi connectivity index (χ1v) is 11.5. The number of hydrogen-bond donors (Lipinski definition) is 2. The molecule has 3 heterocycles. The minimum Gasteiger partial charge on any atom is -0.490 e. The fraction of sp³-hybridized carbons (Fsp3) is 0.269. The molecule has 3 aromatic heterocycles. The average Bonchev–Trinajstić information content (AvgIpc) is 3.46. The standard InChI is InChI=1S/C26H24N4O5/c27-24(31)20-3-1-2-4-23(20)35-19-11-26(12-19)9-16(10-26)29-25(32)21-13-28-30-14-17(5-6-22(21)30)34-18-7-8-33-15-18/h1-8,13-16,19H,9-12H2,(H2,27,31)(H,29,32). The summed E-state index contributed by atoms with van der Waals surface area (Å²) >= 11 is 0. The van der Waals surface area contributed by atoms with Crippen LogP contribution in [0.1, 0.15) is 46.4 Å². The molecule has 9 heteroatoms. The van der Waals surface area contributed by atoms with Crippen molar-refractivity contribution in [1.29, 1.82) is 0 Å². The summed E-state index contributed by atoms with van der Waals surface area (Å²) in [5, 5.41) is 7.44. The van der Waals surface area contributed by atoms with Gasteiger partial charge in [-0.3, -0.25) is 9.59 Å². The van der Waals surface area contributed by atoms with E-state index < -0.39 is 5.91 Å². The Morgan fingerprint density at radius 3 is 2.66 bits per heavy atom. The summed E-state index contributed by atoms with van der Waals surface area (Å²) < 4.78 is 18.4. The summed E-state index contributed by atoms with van der Waals surface area (Å²) in [4.78, 5) is 24.5. The van der Waals surface area contributed by atoms with Crippen molar-refractivity contribution in [3.8, 4) is 17.2 Å². The predicted molar refractivity (Wildman–Crippen MR) is 126 cm³/mol. The second kappa shape index (κ2) is 8.19. The Hall–Kier alpha value is -4.27. The predicted octanol–water partition coefficient (Wildman–Crippen LogP) is 3.94. The highest BCUT2D eigenvalue weighted by molar-refractivity contribution is 6.00. The molecule has 2 amide bonds. The number of primary amides is 1. The molecule has 178 valence electrons. The first kappa shape index (κ1) is 21.3. The Labute approximate surface area is 200 Å². The number of carbonyl (C=O) groups excluding carboxylic acids is 2. The number of rotatable bonds is 7. The lowest BCUT2D eigenvalue weighted by molar-refractivity contribution is -0.0834. The molecular weight excluding hydrogens is 448 g/mol. The lowest BCUT2D eigenvalue weighted by Crippen LogP contribution is -2.58. The zero-order chi connectivity index (χ0) is 24.0. The first-order valence-electron chi connectivity index (χ1n) is 11.5. The fourth-order valence-corrected chi connectivity index (χ4v) is 5.27. The number of benzene rings is 1. The number of para-hydroxylation sites is 1. The third-order valence-corrected chi connectivity index (χ3v) is 6.93. The minimum atomic E-state index is -0.490. The number of pyridine rings is 1. The van der Waals surface area contributed by atoms with Crippen LogP contribution in [0.15, 0.2) is 71.8 Å². The van der Waals surface area contributed by atoms with Crippen molar-refractivity contribution in [1.82, 2.24) is 14.9 Å². The maximum absolute atomic E-state index is 12.9. The van der Waals surface area contributed by atoms with Crippen molar-refractivity contribution in [2.75, 3.05) is 0 Å². The van der Waals surface area contributed by atoms with E-state index in [9.17, 15) is 9.59 Å². The maximum Gasteiger partial charge on any atom is 0.255 e. The summed E-state index contributed by atoms with van der Waals surface area (Å²) in [7, 11) is 0. The van der Waals surface area contributed by atoms with Gasteiger partial charge in [-0.25, -0.2) is 4.52 Å². The van der Waals surface area contributed by atoms with Crippen molar-refractivity contribution in [3.63, 3.8) is 0 Å². The highest BCUT2D eigenvalue weighted by Crippen LogP contribution is 2.57. The Kier molecular flexibility index (Phi) is 4.98. The van der Waals surface area contributed by atoms with E-state index in [-0.39, 0.29) is 23.5 Å². The fourth-order valence-electron chi connectivity index (χ4n) is 5.27. The summed E-state index contributed by atoms with van der Waals surface area (Å²) in [6.45, 7) is 0. The zero-order valence-corrected chi connectivity index (χ0v) is 18.8. The van der Waals surface area contributed by atoms with E-state index in [0.29, 0.717) is 33.9 Å². The molecule has 0 unspecified atom stereocenters. The Morgan fingerprint density at radius 1 is 1.06 bits per heavy atom. The summed E-state index contributed by atoms with van der Waals surface area (Å²) in [6.07, 6.45) is 10.0. The van der Waals surface area contributed by atoms with Crippen LogP contribution >= 0.6 is 0 Å². The smallest absolute Gasteiger partial charge is 0.255 e. The molecule has 0 aliphatic heterocycles. The second-order valence-corrected chi connectivity index (χ2v) is 9.40. The van der Waals surface area contributed by atoms with Gasteiger partial charge in [0.2, 0.25) is 0 Å². The average molecular weight is 473 g/mol. The quantitative estimate of drug-likeness (QED) is 0.420. The van der Waals surface area contributed by atoms with E-state index in [2.05, 4.69) is 10.4 Å². The molecule has 0 bridgehead atoms. The number of nitrogens with two attached hydrogens (primary N) is 1. The number of carbonyl (C=O) groups is 2. The van der Waals surface area contributed by atoms with Gasteiger partial charge in [0.25, 0.3) is 11.8 Å². The van der Waals surface area contributed by atoms with E-state index in [1.54, 1.807) is 47.2 Å². The van der Waals surface area contributed by atoms with Crippen LogP contribution in [0.5, 0.6) is 17.2 Å². The molecule has 35 heavy (non-hydrogen) atoms. The Morgan fingerprint density at radius 2 is 1.89 bits per heavy atom. The highest BCUT2D eigenvalue weighted by atomic mass is 16.5. The minimum absolute atomic E-state index is 0.0604. The van der Waals surface area contributed by atoms with Crippen molar-refractivity contribution in [2.24, 2.45) is 11.1 Å². The van der Waals surface area contributed by atoms with E-state index in [0.717, 1.165) is 25.7 Å². The highest BCUT2D eigenvalue weighted by Gasteiger charge is 2.54. The van der Waals surface area contributed by atoms with Gasteiger partial charge in [0, 0.05) is 12.1 Å². The van der Waals surface area contributed by atoms with Gasteiger partial charge in [-0.05, 0) is 55.4 Å². The molecule has 0 atom stereocenters. The monoisotopic (exact) mass is 472 g/mol. The Bertz CT molecular complexity index is 1400. The molecule has 2 aliphatic rings. The van der Waals surface area contributed by atoms with E-state index in [1.165, 1.54) is 12.5 Å². The molecule has 0 radical (unpaired) electrons. The third kappa shape index (κ3) is 3.99. The van der Waals surface area contributed by atoms with Gasteiger partial charge < -0.3 is 24.9 Å². The third-order valence-electron chi connectivity index (χ3n) is 6.93. The van der Waals surface area contributed by atoms with Crippen LogP contribution in [0, 0.1) is 5.41 Å². The van der Waals surface area contributed by atoms with Gasteiger partial charge in [0.15, 0.2) is 5.75 Å². The van der Waals surface area contributed by atoms with Crippen LogP contribution in [-0.4, -0.2) is 33.6 Å². The zero-order valence-electron chi connectivity index (χ0n) is 18.8. The summed E-state index contributed by atoms with van der Waals surface area (Å²) in [5.74, 6) is 1.10. The number of fused-ring (bicyclic) bond motifs is 1. The van der Waals surface area contributed by atoms with Gasteiger partial charge in [0.1, 0.15) is 17.8 Å². The topological polar surface area (TPSA) is 121 Å². The van der Waals surface area contributed by atoms with Gasteiger partial charge in [-0.1, -0.05) is 12.1 Å². The lowest BCUT2D eigenvalue weighted by atomic mass is 9.53. The van der Waals surface area contributed by atoms with Gasteiger partial charge in [0.05, 0.1) is 41.4 Å². The van der Waals surface area contributed by atoms with Crippen molar-refractivity contribution in [2.45, 2.75) is 37.8 Å². The van der Waals surface area contributed by atoms with Crippen LogP contribution in [0.4, 0.5) is 0 Å². The number of aromatic nitrogens is 2. The number of hydrogen-bond acceptors (Lipinski definition) is 6. The molecule has 4 aromatic rings. The summed E-state index contributed by atoms with van der Waals surface area (Å²) in [5.41, 5.74) is 7.28. The maximum atomic E-state index is 12.9. The molecule has 3 N–H and O–H groups in total. The number of nitrogens with one attached hydrogen (secondary N) is 1. The van der Waals surface area contributed by atoms with Crippen LogP contribution < -0.4 is 20.5 Å². The van der Waals surface area contributed by atoms with Crippen LogP contribution in [0.3, 0.4) is 0 Å². The van der Waals surface area contributed by atoms with Gasteiger partial charge in [-0.2, -0.15) is 5.10 Å². The number of amides is 2. The molecule has 1 spiro atoms. The lowest BCUT2D eigenvalue weighted by Gasteiger charge is -2.57. The molecular formula is C26H24N4O5. The molecule has 6 rings (SSSR count). The van der Waals surface area contributed by atoms with Crippen LogP contribution in [-0.2, 0) is 0 Å². The van der Waals surface area contributed by atoms with E-state index >= 15 is 0 Å². The van der Waals surface area contributed by atoms with Gasteiger partial charge in [-0.15, -0.1) is 0 Å². The second-order valence-electron chi connectivity index (χ2n) is 9.40. The molecule has 0 saturated heterocycles. The largest absolute Gasteiger partial charge is 0.490 e. The number of furan rings is 1. The van der Waals surface area contributed by atoms with Crippen LogP contribution in [0.25, 0.3) is 5.52 Å². The number of nitrogens with zero attached hydrogens (tertiary/aromatic N) is 2. The van der Waals surface area contributed by atoms with Crippen LogP contribution in [0.2, 0.25) is 0 Å². The van der Waals surface area contributed by atoms with E-state index in [1.807, 2.05) is 12.1 Å². The molecule has 2 saturated carbocycles. The first-order chi connectivity index (χ1) is 17.0. The van der Waals surface area contributed by atoms with Crippen molar-refractivity contribution in [3.05, 3.63) is 78.5 Å². The molecule has 2 fully saturated rings. The van der Waals surface area contributed by atoms with E-state index in [4.69, 9.17) is 19.6 Å². The molecule has 2 aliphatic carbocycles. The normalized spacial score (nSPS) is 22.9. The Balaban J connectivity index is 1.03. The molecule has 1 aromatic carbocycles. The SMILES string of the molecule is NC(=O)c1ccccc1OC1CC2(CC(NC(=O)c3cnn4cc(Oc5ccoc5)ccc34)C2)C1. The van der Waals surface area contributed by atoms with Gasteiger partial charge >= 0.3 is 0 Å². The molecule has 9 nitrogen and oxygen atoms in total. The van der Waals surface area contributed by atoms with Crippen molar-refractivity contribution >= 4 is 17.3 Å². The number of ether oxygens (including phenoxy) is 2. The van der Waals surface area contributed by atoms with Crippen molar-refractivity contribution < 1.29 is 23.5 Å².